The predicted molar refractivity (Wildman–Crippen MR) is 218 cm³/mol. The molecule has 0 spiro atoms. The van der Waals surface area contributed by atoms with Gasteiger partial charge in [0, 0.05) is 22.4 Å². The van der Waals surface area contributed by atoms with Gasteiger partial charge in [-0.3, -0.25) is 0 Å². The van der Waals surface area contributed by atoms with Crippen LogP contribution < -0.4 is 10.8 Å². The molecule has 0 aliphatic carbocycles. The minimum Gasteiger partial charge on any atom is -0.871 e. The third-order valence-corrected chi connectivity index (χ3v) is 9.75. The van der Waals surface area contributed by atoms with Crippen molar-refractivity contribution in [2.24, 2.45) is 0 Å². The second kappa shape index (κ2) is 16.0. The monoisotopic (exact) mass is 759 g/mol. The third kappa shape index (κ3) is 8.56. The van der Waals surface area contributed by atoms with Crippen LogP contribution in [-0.2, 0) is 27.9 Å². The average Bonchev–Trinajstić information content (AvgIpc) is 3.83. The molecule has 0 unspecified atom stereocenters. The van der Waals surface area contributed by atoms with E-state index in [0.29, 0.717) is 5.69 Å². The zero-order valence-corrected chi connectivity index (χ0v) is 33.9. The van der Waals surface area contributed by atoms with E-state index in [9.17, 15) is 5.11 Å². The van der Waals surface area contributed by atoms with Crippen molar-refractivity contribution in [2.75, 3.05) is 5.73 Å². The SMILES string of the molecule is CC(C)(C)c1cc(N)c([O-])c(C(C)(C)C)c1.Cc1cc(-c2ccccc2)nn1[BH-](n1nc(-c2ccccc2)cc1C)n1nc(-c2ccccc2)cc1C.[Fe+3]. The van der Waals surface area contributed by atoms with Crippen LogP contribution in [0.3, 0.4) is 0 Å². The van der Waals surface area contributed by atoms with Crippen molar-refractivity contribution < 1.29 is 22.2 Å². The van der Waals surface area contributed by atoms with E-state index in [1.165, 1.54) is 0 Å². The Bertz CT molecular complexity index is 2120. The van der Waals surface area contributed by atoms with Crippen molar-refractivity contribution in [2.45, 2.75) is 73.1 Å². The van der Waals surface area contributed by atoms with Crippen molar-refractivity contribution in [3.63, 3.8) is 0 Å². The number of aryl methyl sites for hydroxylation is 3. The van der Waals surface area contributed by atoms with Gasteiger partial charge in [-0.15, -0.1) is 0 Å². The van der Waals surface area contributed by atoms with Crippen LogP contribution in [0.15, 0.2) is 121 Å². The van der Waals surface area contributed by atoms with Crippen LogP contribution in [0.1, 0.15) is 69.8 Å². The Morgan fingerprint density at radius 2 is 0.852 bits per heavy atom. The van der Waals surface area contributed by atoms with Gasteiger partial charge in [-0.1, -0.05) is 144 Å². The molecule has 54 heavy (non-hydrogen) atoms. The van der Waals surface area contributed by atoms with Crippen molar-refractivity contribution in [1.82, 2.24) is 29.1 Å². The zero-order valence-electron chi connectivity index (χ0n) is 32.8. The van der Waals surface area contributed by atoms with Crippen LogP contribution in [0.2, 0.25) is 0 Å². The van der Waals surface area contributed by atoms with Crippen LogP contribution >= 0.6 is 0 Å². The van der Waals surface area contributed by atoms with E-state index in [1.54, 1.807) is 6.07 Å². The molecule has 3 heterocycles. The first-order valence-electron chi connectivity index (χ1n) is 18.3. The Balaban J connectivity index is 0.000000280. The normalized spacial score (nSPS) is 11.6. The Kier molecular flexibility index (Phi) is 11.8. The number of aromatic nitrogens is 6. The number of rotatable bonds is 6. The number of benzene rings is 4. The van der Waals surface area contributed by atoms with Crippen LogP contribution in [0, 0.1) is 20.8 Å². The van der Waals surface area contributed by atoms with Gasteiger partial charge in [0.1, 0.15) is 0 Å². The number of hydrogen-bond donors (Lipinski definition) is 1. The molecule has 0 aliphatic rings. The average molecular weight is 760 g/mol. The summed E-state index contributed by atoms with van der Waals surface area (Å²) in [5, 5.41) is 27.3. The molecule has 0 bridgehead atoms. The molecule has 0 saturated heterocycles. The number of hydrogen-bond acceptors (Lipinski definition) is 5. The van der Waals surface area contributed by atoms with Gasteiger partial charge in [0.25, 0.3) is 0 Å². The first-order chi connectivity index (χ1) is 25.1. The molecule has 0 amide bonds. The summed E-state index contributed by atoms with van der Waals surface area (Å²) in [6.07, 6.45) is 0. The molecule has 2 N–H and O–H groups in total. The smallest absolute Gasteiger partial charge is 0.871 e. The fraction of sp³-hybridized carbons (Fsp3) is 0.250. The first kappa shape index (κ1) is 39.9. The molecule has 0 atom stereocenters. The largest absolute Gasteiger partial charge is 3.00 e. The van der Waals surface area contributed by atoms with Crippen LogP contribution in [0.4, 0.5) is 5.69 Å². The van der Waals surface area contributed by atoms with Crippen molar-refractivity contribution in [3.8, 4) is 39.5 Å². The number of nitrogen functional groups attached to an aromatic ring is 1. The van der Waals surface area contributed by atoms with Gasteiger partial charge in [0.05, 0.1) is 17.1 Å². The molecule has 0 fully saturated rings. The van der Waals surface area contributed by atoms with E-state index in [2.05, 4.69) is 110 Å². The van der Waals surface area contributed by atoms with Crippen molar-refractivity contribution in [1.29, 1.82) is 0 Å². The molecule has 0 aliphatic heterocycles. The molecule has 3 aromatic heterocycles. The molecule has 4 aromatic carbocycles. The van der Waals surface area contributed by atoms with E-state index in [4.69, 9.17) is 21.0 Å². The maximum atomic E-state index is 12.0. The summed E-state index contributed by atoms with van der Waals surface area (Å²) in [5.41, 5.74) is 17.2. The Hall–Kier alpha value is -5.31. The fourth-order valence-corrected chi connectivity index (χ4v) is 6.66. The van der Waals surface area contributed by atoms with E-state index >= 15 is 0 Å². The fourth-order valence-electron chi connectivity index (χ4n) is 6.66. The van der Waals surface area contributed by atoms with Gasteiger partial charge in [-0.25, -0.2) is 15.3 Å². The van der Waals surface area contributed by atoms with E-state index in [-0.39, 0.29) is 33.6 Å². The van der Waals surface area contributed by atoms with Gasteiger partial charge >= 0.3 is 24.2 Å². The molecular formula is C44H50BFeN7O+. The number of nitrogens with two attached hydrogens (primary N) is 1. The summed E-state index contributed by atoms with van der Waals surface area (Å²) in [4.78, 5) is 0. The first-order valence-corrected chi connectivity index (χ1v) is 18.3. The van der Waals surface area contributed by atoms with Gasteiger partial charge < -0.3 is 24.6 Å². The van der Waals surface area contributed by atoms with Crippen molar-refractivity contribution >= 4 is 12.8 Å². The van der Waals surface area contributed by atoms with Gasteiger partial charge in [0.15, 0.2) is 0 Å². The van der Waals surface area contributed by atoms with Gasteiger partial charge in [-0.05, 0) is 84.1 Å². The maximum Gasteiger partial charge on any atom is 3.00 e. The standard InChI is InChI=1S/C30H28BN6.C14H23NO.Fe/c1-22-19-28(25-13-7-4-8-14-25)32-35(22)31(36-23(2)20-29(33-36)26-15-9-5-10-16-26)37-24(3)21-30(34-37)27-17-11-6-12-18-27;1-13(2,3)9-7-10(14(4,5)6)12(16)11(15)8-9;/h4-21,31H,1-3H3;7-8,16H,15H2,1-6H3;/q-1;;+3/p-1. The van der Waals surface area contributed by atoms with Gasteiger partial charge in [-0.2, -0.15) is 0 Å². The molecule has 10 heteroatoms. The topological polar surface area (TPSA) is 103 Å². The second-order valence-corrected chi connectivity index (χ2v) is 16.0. The molecule has 277 valence electrons. The molecule has 7 aromatic rings. The molecule has 8 nitrogen and oxygen atoms in total. The Morgan fingerprint density at radius 3 is 1.15 bits per heavy atom. The molecule has 7 rings (SSSR count). The molecule has 0 saturated carbocycles. The zero-order chi connectivity index (χ0) is 38.1. The minimum absolute atomic E-state index is 0. The second-order valence-electron chi connectivity index (χ2n) is 16.0. The van der Waals surface area contributed by atoms with Crippen molar-refractivity contribution in [3.05, 3.63) is 150 Å². The molecule has 1 radical (unpaired) electrons. The van der Waals surface area contributed by atoms with E-state index in [0.717, 1.165) is 62.0 Å². The molecular weight excluding hydrogens is 709 g/mol. The summed E-state index contributed by atoms with van der Waals surface area (Å²) < 4.78 is 6.31. The van der Waals surface area contributed by atoms with E-state index < -0.39 is 7.12 Å². The quantitative estimate of drug-likeness (QED) is 0.135. The maximum absolute atomic E-state index is 12.0. The summed E-state index contributed by atoms with van der Waals surface area (Å²) in [5.74, 6) is -0.0273. The summed E-state index contributed by atoms with van der Waals surface area (Å²) in [6, 6.07) is 41.1. The summed E-state index contributed by atoms with van der Waals surface area (Å²) in [6.45, 7) is 18.8. The van der Waals surface area contributed by atoms with Gasteiger partial charge in [0.2, 0.25) is 0 Å². The van der Waals surface area contributed by atoms with E-state index in [1.807, 2.05) is 81.4 Å². The summed E-state index contributed by atoms with van der Waals surface area (Å²) in [7, 11) is -1.55. The Labute approximate surface area is 330 Å². The number of nitrogens with zero attached hydrogens (tertiary/aromatic N) is 6. The summed E-state index contributed by atoms with van der Waals surface area (Å²) >= 11 is 0. The van der Waals surface area contributed by atoms with Crippen LogP contribution in [-0.4, -0.2) is 36.2 Å². The number of anilines is 1. The third-order valence-electron chi connectivity index (χ3n) is 9.75. The minimum atomic E-state index is -1.55. The van der Waals surface area contributed by atoms with Crippen LogP contribution in [0.25, 0.3) is 33.8 Å². The Morgan fingerprint density at radius 1 is 0.519 bits per heavy atom. The van der Waals surface area contributed by atoms with Crippen LogP contribution in [0.5, 0.6) is 5.75 Å². The predicted octanol–water partition coefficient (Wildman–Crippen LogP) is 8.80.